The molecule has 2 aromatic carbocycles. The summed E-state index contributed by atoms with van der Waals surface area (Å²) >= 11 is 5.97. The summed E-state index contributed by atoms with van der Waals surface area (Å²) in [5.74, 6) is 0.0708. The van der Waals surface area contributed by atoms with Crippen molar-refractivity contribution in [1.29, 1.82) is 0 Å². The van der Waals surface area contributed by atoms with Crippen LogP contribution in [0.5, 0.6) is 0 Å². The van der Waals surface area contributed by atoms with Crippen LogP contribution in [0.3, 0.4) is 0 Å². The number of nitrogens with zero attached hydrogens (tertiary/aromatic N) is 3. The van der Waals surface area contributed by atoms with E-state index in [4.69, 9.17) is 11.6 Å². The summed E-state index contributed by atoms with van der Waals surface area (Å²) in [5.41, 5.74) is 2.01. The van der Waals surface area contributed by atoms with Crippen molar-refractivity contribution in [1.82, 2.24) is 14.7 Å². The predicted molar refractivity (Wildman–Crippen MR) is 123 cm³/mol. The summed E-state index contributed by atoms with van der Waals surface area (Å²) < 4.78 is 0. The number of carbonyl (C=O) groups excluding carboxylic acids is 2. The Morgan fingerprint density at radius 3 is 2.32 bits per heavy atom. The topological polar surface area (TPSA) is 55.9 Å². The Labute approximate surface area is 188 Å². The molecule has 1 unspecified atom stereocenters. The molecule has 2 fully saturated rings. The van der Waals surface area contributed by atoms with E-state index >= 15 is 0 Å². The van der Waals surface area contributed by atoms with Crippen LogP contribution in [0.25, 0.3) is 0 Å². The Balaban J connectivity index is 1.26. The highest BCUT2D eigenvalue weighted by Crippen LogP contribution is 2.21. The van der Waals surface area contributed by atoms with Gasteiger partial charge in [-0.2, -0.15) is 0 Å². The molecule has 2 heterocycles. The first kappa shape index (κ1) is 21.7. The molecule has 2 aliphatic rings. The van der Waals surface area contributed by atoms with Gasteiger partial charge >= 0.3 is 6.03 Å². The number of hydrogen-bond acceptors (Lipinski definition) is 3. The third kappa shape index (κ3) is 5.77. The van der Waals surface area contributed by atoms with Crippen molar-refractivity contribution in [3.8, 4) is 0 Å². The number of rotatable bonds is 4. The SMILES string of the molecule is O=C(Nc1ccccc1)N1CCCC(C(=O)N2CCN(Cc3ccc(Cl)cc3)CC2)C1. The van der Waals surface area contributed by atoms with E-state index in [9.17, 15) is 9.59 Å². The molecule has 7 heteroatoms. The molecule has 1 N–H and O–H groups in total. The Kier molecular flexibility index (Phi) is 7.10. The normalized spacial score (nSPS) is 19.8. The molecule has 0 radical (unpaired) electrons. The molecule has 0 bridgehead atoms. The lowest BCUT2D eigenvalue weighted by atomic mass is 9.96. The van der Waals surface area contributed by atoms with Gasteiger partial charge < -0.3 is 15.1 Å². The number of piperidine rings is 1. The summed E-state index contributed by atoms with van der Waals surface area (Å²) in [4.78, 5) is 31.9. The lowest BCUT2D eigenvalue weighted by Crippen LogP contribution is -2.53. The van der Waals surface area contributed by atoms with E-state index in [-0.39, 0.29) is 17.9 Å². The maximum Gasteiger partial charge on any atom is 0.321 e. The number of urea groups is 1. The molecule has 3 amide bonds. The lowest BCUT2D eigenvalue weighted by molar-refractivity contribution is -0.138. The summed E-state index contributed by atoms with van der Waals surface area (Å²) in [6.07, 6.45) is 1.70. The zero-order valence-corrected chi connectivity index (χ0v) is 18.4. The highest BCUT2D eigenvalue weighted by Gasteiger charge is 2.32. The van der Waals surface area contributed by atoms with Crippen molar-refractivity contribution in [3.05, 3.63) is 65.2 Å². The Bertz CT molecular complexity index is 882. The number of benzene rings is 2. The van der Waals surface area contributed by atoms with Gasteiger partial charge in [0.15, 0.2) is 0 Å². The fraction of sp³-hybridized carbons (Fsp3) is 0.417. The zero-order valence-electron chi connectivity index (χ0n) is 17.7. The number of amides is 3. The van der Waals surface area contributed by atoms with Crippen LogP contribution in [0.2, 0.25) is 5.02 Å². The van der Waals surface area contributed by atoms with Crippen LogP contribution < -0.4 is 5.32 Å². The van der Waals surface area contributed by atoms with Crippen molar-refractivity contribution in [2.24, 2.45) is 5.92 Å². The highest BCUT2D eigenvalue weighted by molar-refractivity contribution is 6.30. The summed E-state index contributed by atoms with van der Waals surface area (Å²) in [7, 11) is 0. The average molecular weight is 441 g/mol. The van der Waals surface area contributed by atoms with Gasteiger partial charge in [-0.15, -0.1) is 0 Å². The van der Waals surface area contributed by atoms with Crippen molar-refractivity contribution >= 4 is 29.2 Å². The van der Waals surface area contributed by atoms with Crippen LogP contribution in [0.15, 0.2) is 54.6 Å². The Morgan fingerprint density at radius 1 is 0.903 bits per heavy atom. The molecule has 1 atom stereocenters. The third-order valence-corrected chi connectivity index (χ3v) is 6.34. The maximum absolute atomic E-state index is 13.1. The molecule has 0 aliphatic carbocycles. The fourth-order valence-corrected chi connectivity index (χ4v) is 4.45. The lowest BCUT2D eigenvalue weighted by Gasteiger charge is -2.39. The summed E-state index contributed by atoms with van der Waals surface area (Å²) in [6.45, 7) is 5.24. The van der Waals surface area contributed by atoms with Gasteiger partial charge in [0.05, 0.1) is 5.92 Å². The molecular weight excluding hydrogens is 412 g/mol. The van der Waals surface area contributed by atoms with E-state index in [0.29, 0.717) is 13.1 Å². The van der Waals surface area contributed by atoms with Crippen LogP contribution in [-0.4, -0.2) is 65.9 Å². The van der Waals surface area contributed by atoms with E-state index < -0.39 is 0 Å². The van der Waals surface area contributed by atoms with Gasteiger partial charge in [-0.1, -0.05) is 41.9 Å². The van der Waals surface area contributed by atoms with Gasteiger partial charge in [-0.25, -0.2) is 4.79 Å². The molecule has 6 nitrogen and oxygen atoms in total. The second-order valence-corrected chi connectivity index (χ2v) is 8.75. The standard InChI is InChI=1S/C24H29ClN4O2/c25-21-10-8-19(9-11-21)17-27-13-15-28(16-14-27)23(30)20-5-4-12-29(18-20)24(31)26-22-6-2-1-3-7-22/h1-3,6-11,20H,4-5,12-18H2,(H,26,31). The molecular formula is C24H29ClN4O2. The molecule has 164 valence electrons. The van der Waals surface area contributed by atoms with E-state index in [1.165, 1.54) is 5.56 Å². The number of piperazine rings is 1. The van der Waals surface area contributed by atoms with Gasteiger partial charge in [0, 0.05) is 56.5 Å². The first-order valence-electron chi connectivity index (χ1n) is 10.9. The van der Waals surface area contributed by atoms with Crippen molar-refractivity contribution in [2.75, 3.05) is 44.6 Å². The van der Waals surface area contributed by atoms with Gasteiger partial charge in [-0.3, -0.25) is 9.69 Å². The molecule has 2 saturated heterocycles. The number of hydrogen-bond donors (Lipinski definition) is 1. The second-order valence-electron chi connectivity index (χ2n) is 8.31. The molecule has 0 saturated carbocycles. The number of para-hydroxylation sites is 1. The fourth-order valence-electron chi connectivity index (χ4n) is 4.32. The summed E-state index contributed by atoms with van der Waals surface area (Å²) in [5, 5.41) is 3.68. The van der Waals surface area contributed by atoms with Gasteiger partial charge in [-0.05, 0) is 42.7 Å². The number of nitrogens with one attached hydrogen (secondary N) is 1. The van der Waals surface area contributed by atoms with Crippen LogP contribution in [0, 0.1) is 5.92 Å². The molecule has 4 rings (SSSR count). The zero-order chi connectivity index (χ0) is 21.6. The van der Waals surface area contributed by atoms with E-state index in [1.54, 1.807) is 4.90 Å². The van der Waals surface area contributed by atoms with Crippen molar-refractivity contribution in [3.63, 3.8) is 0 Å². The number of halogens is 1. The third-order valence-electron chi connectivity index (χ3n) is 6.09. The summed E-state index contributed by atoms with van der Waals surface area (Å²) in [6, 6.07) is 17.3. The Morgan fingerprint density at radius 2 is 1.61 bits per heavy atom. The monoisotopic (exact) mass is 440 g/mol. The van der Waals surface area contributed by atoms with E-state index in [2.05, 4.69) is 22.3 Å². The minimum Gasteiger partial charge on any atom is -0.340 e. The van der Waals surface area contributed by atoms with Gasteiger partial charge in [0.25, 0.3) is 0 Å². The second kappa shape index (κ2) is 10.2. The smallest absolute Gasteiger partial charge is 0.321 e. The molecule has 2 aromatic rings. The first-order valence-corrected chi connectivity index (χ1v) is 11.3. The largest absolute Gasteiger partial charge is 0.340 e. The van der Waals surface area contributed by atoms with Crippen molar-refractivity contribution in [2.45, 2.75) is 19.4 Å². The minimum atomic E-state index is -0.128. The van der Waals surface area contributed by atoms with Gasteiger partial charge in [0.2, 0.25) is 5.91 Å². The quantitative estimate of drug-likeness (QED) is 0.783. The highest BCUT2D eigenvalue weighted by atomic mass is 35.5. The molecule has 2 aliphatic heterocycles. The number of likely N-dealkylation sites (tertiary alicyclic amines) is 1. The molecule has 0 spiro atoms. The van der Waals surface area contributed by atoms with Gasteiger partial charge in [0.1, 0.15) is 0 Å². The van der Waals surface area contributed by atoms with Crippen molar-refractivity contribution < 1.29 is 9.59 Å². The van der Waals surface area contributed by atoms with Crippen LogP contribution >= 0.6 is 11.6 Å². The minimum absolute atomic E-state index is 0.113. The first-order chi connectivity index (χ1) is 15.1. The van der Waals surface area contributed by atoms with E-state index in [1.807, 2.05) is 47.4 Å². The average Bonchev–Trinajstić information content (AvgIpc) is 2.81. The van der Waals surface area contributed by atoms with Crippen LogP contribution in [0.4, 0.5) is 10.5 Å². The Hall–Kier alpha value is -2.57. The number of anilines is 1. The predicted octanol–water partition coefficient (Wildman–Crippen LogP) is 3.93. The maximum atomic E-state index is 13.1. The van der Waals surface area contributed by atoms with E-state index in [0.717, 1.165) is 56.3 Å². The molecule has 0 aromatic heterocycles. The van der Waals surface area contributed by atoms with Crippen LogP contribution in [-0.2, 0) is 11.3 Å². The van der Waals surface area contributed by atoms with Crippen LogP contribution in [0.1, 0.15) is 18.4 Å². The molecule has 31 heavy (non-hydrogen) atoms. The number of carbonyl (C=O) groups is 2.